The molecular formula is C31H40ClF3N4O4. The standard InChI is InChI=1S/C31H40ClF3N4O4/c1-37(2)28(40)25-8-9-26(36-27(25)32)38-14-10-20(11-15-38)18-21-12-16-39(17-13-21)29(41)30(42,31(33,34)35)22-4-3-5-24(19-22)43-23-6-7-23/h3-5,8-9,19-21,23,28,40,42H,6-7,10-18H2,1-2H3. The van der Waals surface area contributed by atoms with Gasteiger partial charge in [0.1, 0.15) is 22.9 Å². The molecule has 3 fully saturated rings. The second kappa shape index (κ2) is 12.8. The van der Waals surface area contributed by atoms with Crippen molar-refractivity contribution in [2.24, 2.45) is 11.8 Å². The predicted molar refractivity (Wildman–Crippen MR) is 157 cm³/mol. The third kappa shape index (κ3) is 7.05. The molecule has 1 aromatic carbocycles. The molecule has 0 spiro atoms. The van der Waals surface area contributed by atoms with Gasteiger partial charge in [0.2, 0.25) is 0 Å². The van der Waals surface area contributed by atoms with E-state index in [0.717, 1.165) is 68.0 Å². The molecular weight excluding hydrogens is 585 g/mol. The highest BCUT2D eigenvalue weighted by Gasteiger charge is 2.62. The Morgan fingerprint density at radius 3 is 2.23 bits per heavy atom. The van der Waals surface area contributed by atoms with Crippen molar-refractivity contribution in [3.8, 4) is 5.75 Å². The predicted octanol–water partition coefficient (Wildman–Crippen LogP) is 5.12. The zero-order valence-corrected chi connectivity index (χ0v) is 25.3. The minimum atomic E-state index is -5.18. The fourth-order valence-corrected chi connectivity index (χ4v) is 6.38. The van der Waals surface area contributed by atoms with E-state index in [1.807, 2.05) is 6.07 Å². The van der Waals surface area contributed by atoms with E-state index in [2.05, 4.69) is 9.88 Å². The van der Waals surface area contributed by atoms with Crippen LogP contribution in [0.15, 0.2) is 36.4 Å². The second-order valence-corrected chi connectivity index (χ2v) is 12.7. The maximum atomic E-state index is 14.3. The number of carbonyl (C=O) groups excluding carboxylic acids is 1. The SMILES string of the molecule is CN(C)C(O)c1ccc(N2CCC(CC3CCN(C(=O)C(O)(c4cccc(OC5CC5)c4)C(F)(F)F)CC3)CC2)nc1Cl. The Morgan fingerprint density at radius 1 is 1.05 bits per heavy atom. The van der Waals surface area contributed by atoms with Gasteiger partial charge in [0.25, 0.3) is 11.5 Å². The smallest absolute Gasteiger partial charge is 0.430 e. The Morgan fingerprint density at radius 2 is 1.67 bits per heavy atom. The number of pyridine rings is 1. The number of rotatable bonds is 9. The van der Waals surface area contributed by atoms with Gasteiger partial charge >= 0.3 is 6.18 Å². The summed E-state index contributed by atoms with van der Waals surface area (Å²) in [6.45, 7) is 1.96. The molecule has 3 heterocycles. The van der Waals surface area contributed by atoms with E-state index >= 15 is 0 Å². The van der Waals surface area contributed by atoms with E-state index in [1.165, 1.54) is 12.1 Å². The van der Waals surface area contributed by atoms with Gasteiger partial charge in [0, 0.05) is 37.3 Å². The van der Waals surface area contributed by atoms with Crippen molar-refractivity contribution >= 4 is 23.3 Å². The first-order valence-corrected chi connectivity index (χ1v) is 15.4. The zero-order chi connectivity index (χ0) is 30.9. The summed E-state index contributed by atoms with van der Waals surface area (Å²) < 4.78 is 48.5. The molecule has 12 heteroatoms. The zero-order valence-electron chi connectivity index (χ0n) is 24.6. The van der Waals surface area contributed by atoms with Crippen LogP contribution in [-0.4, -0.2) is 83.5 Å². The quantitative estimate of drug-likeness (QED) is 0.296. The molecule has 0 bridgehead atoms. The molecule has 2 atom stereocenters. The maximum Gasteiger partial charge on any atom is 0.430 e. The molecule has 1 amide bonds. The number of carbonyl (C=O) groups is 1. The van der Waals surface area contributed by atoms with Gasteiger partial charge in [-0.2, -0.15) is 13.2 Å². The summed E-state index contributed by atoms with van der Waals surface area (Å²) in [6, 6.07) is 8.86. The van der Waals surface area contributed by atoms with Crippen molar-refractivity contribution in [2.75, 3.05) is 45.2 Å². The van der Waals surface area contributed by atoms with Crippen LogP contribution < -0.4 is 9.64 Å². The number of piperidine rings is 2. The van der Waals surface area contributed by atoms with E-state index in [0.29, 0.717) is 30.2 Å². The highest BCUT2D eigenvalue weighted by atomic mass is 35.5. The molecule has 1 aliphatic carbocycles. The molecule has 2 aliphatic heterocycles. The van der Waals surface area contributed by atoms with Crippen molar-refractivity contribution in [3.63, 3.8) is 0 Å². The first-order valence-electron chi connectivity index (χ1n) is 15.0. The summed E-state index contributed by atoms with van der Waals surface area (Å²) in [4.78, 5) is 22.8. The van der Waals surface area contributed by atoms with Crippen LogP contribution >= 0.6 is 11.6 Å². The number of amides is 1. The summed E-state index contributed by atoms with van der Waals surface area (Å²) in [5, 5.41) is 21.5. The molecule has 2 N–H and O–H groups in total. The third-order valence-electron chi connectivity index (χ3n) is 8.94. The van der Waals surface area contributed by atoms with Crippen LogP contribution in [0.25, 0.3) is 0 Å². The topological polar surface area (TPSA) is 89.4 Å². The van der Waals surface area contributed by atoms with Gasteiger partial charge in [-0.3, -0.25) is 9.69 Å². The molecule has 3 aliphatic rings. The van der Waals surface area contributed by atoms with Gasteiger partial charge in [-0.1, -0.05) is 23.7 Å². The Kier molecular flexibility index (Phi) is 9.46. The lowest BCUT2D eigenvalue weighted by molar-refractivity contribution is -0.262. The third-order valence-corrected chi connectivity index (χ3v) is 9.24. The number of nitrogens with zero attached hydrogens (tertiary/aromatic N) is 4. The van der Waals surface area contributed by atoms with Gasteiger partial charge < -0.3 is 24.7 Å². The molecule has 8 nitrogen and oxygen atoms in total. The summed E-state index contributed by atoms with van der Waals surface area (Å²) >= 11 is 6.36. The van der Waals surface area contributed by atoms with Gasteiger partial charge in [0.15, 0.2) is 0 Å². The van der Waals surface area contributed by atoms with Crippen LogP contribution in [0.3, 0.4) is 0 Å². The van der Waals surface area contributed by atoms with Gasteiger partial charge in [-0.15, -0.1) is 0 Å². The summed E-state index contributed by atoms with van der Waals surface area (Å²) in [5.74, 6) is 0.431. The lowest BCUT2D eigenvalue weighted by atomic mass is 9.82. The number of hydrogen-bond donors (Lipinski definition) is 2. The first kappa shape index (κ1) is 31.8. The minimum Gasteiger partial charge on any atom is -0.490 e. The number of aromatic nitrogens is 1. The lowest BCUT2D eigenvalue weighted by Gasteiger charge is -2.40. The van der Waals surface area contributed by atoms with E-state index in [9.17, 15) is 28.2 Å². The number of benzene rings is 1. The van der Waals surface area contributed by atoms with Crippen molar-refractivity contribution in [1.82, 2.24) is 14.8 Å². The van der Waals surface area contributed by atoms with Crippen molar-refractivity contribution in [2.45, 2.75) is 69.1 Å². The van der Waals surface area contributed by atoms with E-state index in [4.69, 9.17) is 16.3 Å². The van der Waals surface area contributed by atoms with Crippen LogP contribution in [0, 0.1) is 11.8 Å². The number of halogens is 4. The molecule has 236 valence electrons. The molecule has 43 heavy (non-hydrogen) atoms. The lowest BCUT2D eigenvalue weighted by Crippen LogP contribution is -2.57. The van der Waals surface area contributed by atoms with Crippen LogP contribution in [0.5, 0.6) is 5.75 Å². The summed E-state index contributed by atoms with van der Waals surface area (Å²) in [7, 11) is 3.52. The van der Waals surface area contributed by atoms with Gasteiger partial charge in [-0.05, 0) is 95.1 Å². The van der Waals surface area contributed by atoms with E-state index in [-0.39, 0.29) is 30.1 Å². The fraction of sp³-hybridized carbons (Fsp3) is 0.613. The van der Waals surface area contributed by atoms with Crippen molar-refractivity contribution < 1.29 is 32.9 Å². The highest BCUT2D eigenvalue weighted by Crippen LogP contribution is 2.43. The number of hydrogen-bond acceptors (Lipinski definition) is 7. The summed E-state index contributed by atoms with van der Waals surface area (Å²) in [5.41, 5.74) is -3.59. The average molecular weight is 625 g/mol. The number of ether oxygens (including phenoxy) is 1. The van der Waals surface area contributed by atoms with E-state index in [1.54, 1.807) is 25.1 Å². The summed E-state index contributed by atoms with van der Waals surface area (Å²) in [6.07, 6.45) is -0.327. The Labute approximate surface area is 255 Å². The monoisotopic (exact) mass is 624 g/mol. The number of alkyl halides is 3. The second-order valence-electron chi connectivity index (χ2n) is 12.3. The van der Waals surface area contributed by atoms with Gasteiger partial charge in [-0.25, -0.2) is 4.98 Å². The molecule has 5 rings (SSSR count). The maximum absolute atomic E-state index is 14.3. The minimum absolute atomic E-state index is 0.0269. The molecule has 0 radical (unpaired) electrons. The molecule has 1 saturated carbocycles. The Balaban J connectivity index is 1.14. The Hall–Kier alpha value is -2.60. The van der Waals surface area contributed by atoms with E-state index < -0.39 is 29.5 Å². The number of likely N-dealkylation sites (tertiary alicyclic amines) is 1. The highest BCUT2D eigenvalue weighted by molar-refractivity contribution is 6.30. The first-order chi connectivity index (χ1) is 20.4. The molecule has 2 unspecified atom stereocenters. The molecule has 2 saturated heterocycles. The Bertz CT molecular complexity index is 1280. The van der Waals surface area contributed by atoms with Crippen LogP contribution in [0.4, 0.5) is 19.0 Å². The molecule has 2 aromatic rings. The van der Waals surface area contributed by atoms with Gasteiger partial charge in [0.05, 0.1) is 6.10 Å². The fourth-order valence-electron chi connectivity index (χ4n) is 6.13. The van der Waals surface area contributed by atoms with Crippen molar-refractivity contribution in [3.05, 3.63) is 52.7 Å². The molecule has 1 aromatic heterocycles. The van der Waals surface area contributed by atoms with Crippen LogP contribution in [-0.2, 0) is 10.4 Å². The largest absolute Gasteiger partial charge is 0.490 e. The average Bonchev–Trinajstić information content (AvgIpc) is 3.80. The van der Waals surface area contributed by atoms with Crippen LogP contribution in [0.1, 0.15) is 62.3 Å². The van der Waals surface area contributed by atoms with Crippen LogP contribution in [0.2, 0.25) is 5.15 Å². The van der Waals surface area contributed by atoms with Crippen molar-refractivity contribution in [1.29, 1.82) is 0 Å². The number of aliphatic hydroxyl groups excluding tert-OH is 1. The normalized spacial score (nSPS) is 21.1. The number of anilines is 1. The number of aliphatic hydroxyl groups is 2.